The van der Waals surface area contributed by atoms with E-state index < -0.39 is 0 Å². The molecule has 0 aromatic carbocycles. The molecule has 4 bridgehead atoms. The van der Waals surface area contributed by atoms with Gasteiger partial charge in [0.25, 0.3) is 0 Å². The standard InChI is InChI=1S/C20H26N6O.C15H20ClN3O/c1-12-9-22-20(11-21-12)25-19-8-18(17(10-23-19)13(2)27)24-14-6-15-4-5-16(7-14)26(15)3;1-9(20)13-8-17-15(16)7-14(13)18-10-5-11-3-4-12(6-10)19(11)2/h8-11,14-16H,4-7H2,1-3H3,(H2,22,23,24,25);7-8,10-12H,3-6H2,1-2H3,(H,17,18). The number of pyridine rings is 2. The van der Waals surface area contributed by atoms with Gasteiger partial charge < -0.3 is 25.8 Å². The minimum Gasteiger partial charge on any atom is -0.381 e. The molecular weight excluding hydrogens is 614 g/mol. The van der Waals surface area contributed by atoms with E-state index >= 15 is 0 Å². The summed E-state index contributed by atoms with van der Waals surface area (Å²) in [5.74, 6) is 1.32. The van der Waals surface area contributed by atoms with E-state index in [1.54, 1.807) is 44.7 Å². The summed E-state index contributed by atoms with van der Waals surface area (Å²) in [6.07, 6.45) is 16.2. The number of anilines is 4. The van der Waals surface area contributed by atoms with E-state index in [-0.39, 0.29) is 11.6 Å². The van der Waals surface area contributed by atoms with Crippen LogP contribution in [0, 0.1) is 6.92 Å². The van der Waals surface area contributed by atoms with Crippen molar-refractivity contribution < 1.29 is 9.59 Å². The second kappa shape index (κ2) is 14.2. The number of halogens is 1. The molecular formula is C35H46ClN9O2. The third kappa shape index (κ3) is 7.74. The molecule has 47 heavy (non-hydrogen) atoms. The number of fused-ring (bicyclic) bond motifs is 4. The van der Waals surface area contributed by atoms with E-state index in [9.17, 15) is 9.59 Å². The van der Waals surface area contributed by atoms with Gasteiger partial charge in [0.1, 0.15) is 16.8 Å². The van der Waals surface area contributed by atoms with Gasteiger partial charge in [-0.3, -0.25) is 14.6 Å². The maximum absolute atomic E-state index is 12.1. The summed E-state index contributed by atoms with van der Waals surface area (Å²) in [5.41, 5.74) is 3.78. The minimum atomic E-state index is 0.0163. The van der Waals surface area contributed by atoms with Gasteiger partial charge in [-0.25, -0.2) is 15.0 Å². The van der Waals surface area contributed by atoms with Crippen molar-refractivity contribution in [1.29, 1.82) is 0 Å². The summed E-state index contributed by atoms with van der Waals surface area (Å²) in [6, 6.07) is 7.09. The predicted molar refractivity (Wildman–Crippen MR) is 186 cm³/mol. The van der Waals surface area contributed by atoms with Crippen molar-refractivity contribution >= 4 is 46.2 Å². The summed E-state index contributed by atoms with van der Waals surface area (Å²) in [7, 11) is 4.46. The fourth-order valence-electron chi connectivity index (χ4n) is 7.84. The number of nitrogens with zero attached hydrogens (tertiary/aromatic N) is 6. The molecule has 3 aromatic rings. The van der Waals surface area contributed by atoms with Crippen LogP contribution in [0.4, 0.5) is 23.0 Å². The lowest BCUT2D eigenvalue weighted by Gasteiger charge is -2.37. The molecule has 3 aromatic heterocycles. The van der Waals surface area contributed by atoms with Crippen molar-refractivity contribution in [3.8, 4) is 0 Å². The molecule has 4 saturated heterocycles. The molecule has 4 unspecified atom stereocenters. The van der Waals surface area contributed by atoms with Gasteiger partial charge in [-0.2, -0.15) is 0 Å². The van der Waals surface area contributed by atoms with E-state index in [1.807, 2.05) is 13.0 Å². The number of nitrogens with one attached hydrogen (secondary N) is 3. The van der Waals surface area contributed by atoms with Crippen LogP contribution < -0.4 is 16.0 Å². The molecule has 7 rings (SSSR count). The second-order valence-corrected chi connectivity index (χ2v) is 14.1. The summed E-state index contributed by atoms with van der Waals surface area (Å²) in [5, 5.41) is 10.7. The van der Waals surface area contributed by atoms with Gasteiger partial charge in [-0.05, 0) is 92.3 Å². The number of hydrogen-bond donors (Lipinski definition) is 3. The first-order valence-electron chi connectivity index (χ1n) is 16.7. The third-order valence-electron chi connectivity index (χ3n) is 10.5. The Morgan fingerprint density at radius 2 is 1.15 bits per heavy atom. The zero-order chi connectivity index (χ0) is 33.2. The van der Waals surface area contributed by atoms with Crippen molar-refractivity contribution in [2.24, 2.45) is 0 Å². The Balaban J connectivity index is 0.000000172. The predicted octanol–water partition coefficient (Wildman–Crippen LogP) is 6.14. The molecule has 11 nitrogen and oxygen atoms in total. The molecule has 3 N–H and O–H groups in total. The summed E-state index contributed by atoms with van der Waals surface area (Å²) in [6.45, 7) is 5.04. The average Bonchev–Trinajstić information content (AvgIpc) is 3.34. The highest BCUT2D eigenvalue weighted by atomic mass is 35.5. The van der Waals surface area contributed by atoms with Crippen LogP contribution in [0.15, 0.2) is 36.9 Å². The van der Waals surface area contributed by atoms with Gasteiger partial charge in [0.15, 0.2) is 11.6 Å². The van der Waals surface area contributed by atoms with Crippen molar-refractivity contribution in [3.63, 3.8) is 0 Å². The first-order valence-corrected chi connectivity index (χ1v) is 17.1. The number of piperidine rings is 2. The second-order valence-electron chi connectivity index (χ2n) is 13.7. The summed E-state index contributed by atoms with van der Waals surface area (Å²) in [4.78, 5) is 45.7. The number of hydrogen-bond acceptors (Lipinski definition) is 11. The van der Waals surface area contributed by atoms with Crippen LogP contribution >= 0.6 is 11.6 Å². The molecule has 0 amide bonds. The number of aryl methyl sites for hydroxylation is 1. The smallest absolute Gasteiger partial charge is 0.163 e. The SMILES string of the molecule is CC(=O)c1cnc(Cl)cc1NC1CC2CCC(C1)N2C.CC(=O)c1cnc(Nc2cnc(C)cn2)cc1NC1CC2CCC(C1)N2C. The Bertz CT molecular complexity index is 1570. The van der Waals surface area contributed by atoms with Crippen molar-refractivity contribution in [2.75, 3.05) is 30.0 Å². The monoisotopic (exact) mass is 659 g/mol. The number of Topliss-reactive ketones (excluding diaryl/α,β-unsaturated/α-hetero) is 2. The molecule has 0 spiro atoms. The maximum atomic E-state index is 12.1. The highest BCUT2D eigenvalue weighted by Gasteiger charge is 2.39. The Labute approximate surface area is 282 Å². The maximum Gasteiger partial charge on any atom is 0.163 e. The van der Waals surface area contributed by atoms with E-state index in [2.05, 4.69) is 59.8 Å². The number of carbonyl (C=O) groups excluding carboxylic acids is 2. The van der Waals surface area contributed by atoms with Gasteiger partial charge in [-0.15, -0.1) is 0 Å². The fraction of sp³-hybridized carbons (Fsp3) is 0.543. The number of ketones is 2. The zero-order valence-corrected chi connectivity index (χ0v) is 28.7. The van der Waals surface area contributed by atoms with E-state index in [4.69, 9.17) is 11.6 Å². The fourth-order valence-corrected chi connectivity index (χ4v) is 8.00. The molecule has 7 heterocycles. The molecule has 4 atom stereocenters. The van der Waals surface area contributed by atoms with Crippen LogP contribution in [-0.4, -0.2) is 91.6 Å². The quantitative estimate of drug-likeness (QED) is 0.191. The number of rotatable bonds is 8. The number of aromatic nitrogens is 4. The van der Waals surface area contributed by atoms with Crippen molar-refractivity contribution in [3.05, 3.63) is 58.9 Å². The molecule has 12 heteroatoms. The highest BCUT2D eigenvalue weighted by molar-refractivity contribution is 6.29. The Kier molecular flexibility index (Phi) is 10.1. The van der Waals surface area contributed by atoms with E-state index in [0.29, 0.717) is 64.2 Å². The number of carbonyl (C=O) groups is 2. The lowest BCUT2D eigenvalue weighted by atomic mass is 9.97. The topological polar surface area (TPSA) is 128 Å². The van der Waals surface area contributed by atoms with Gasteiger partial charge >= 0.3 is 0 Å². The average molecular weight is 660 g/mol. The lowest BCUT2D eigenvalue weighted by Crippen LogP contribution is -2.44. The van der Waals surface area contributed by atoms with Crippen LogP contribution in [0.5, 0.6) is 0 Å². The molecule has 250 valence electrons. The van der Waals surface area contributed by atoms with Gasteiger partial charge in [0.05, 0.1) is 34.9 Å². The molecule has 0 radical (unpaired) electrons. The normalized spacial score (nSPS) is 26.7. The molecule has 0 saturated carbocycles. The van der Waals surface area contributed by atoms with Gasteiger partial charge in [-0.1, -0.05) is 11.6 Å². The minimum absolute atomic E-state index is 0.0163. The van der Waals surface area contributed by atoms with E-state index in [0.717, 1.165) is 42.8 Å². The molecule has 0 aliphatic carbocycles. The van der Waals surface area contributed by atoms with Gasteiger partial charge in [0.2, 0.25) is 0 Å². The van der Waals surface area contributed by atoms with Crippen LogP contribution in [-0.2, 0) is 0 Å². The molecule has 4 aliphatic heterocycles. The van der Waals surface area contributed by atoms with Crippen LogP contribution in [0.1, 0.15) is 91.6 Å². The lowest BCUT2D eigenvalue weighted by molar-refractivity contribution is 0.100. The van der Waals surface area contributed by atoms with E-state index in [1.165, 1.54) is 25.7 Å². The third-order valence-corrected chi connectivity index (χ3v) is 10.7. The van der Waals surface area contributed by atoms with Crippen LogP contribution in [0.3, 0.4) is 0 Å². The van der Waals surface area contributed by atoms with Crippen LogP contribution in [0.25, 0.3) is 0 Å². The Morgan fingerprint density at radius 3 is 1.62 bits per heavy atom. The van der Waals surface area contributed by atoms with Crippen molar-refractivity contribution in [2.45, 2.75) is 108 Å². The molecule has 4 aliphatic rings. The highest BCUT2D eigenvalue weighted by Crippen LogP contribution is 2.37. The first kappa shape index (κ1) is 33.2. The van der Waals surface area contributed by atoms with Crippen molar-refractivity contribution in [1.82, 2.24) is 29.7 Å². The molecule has 4 fully saturated rings. The zero-order valence-electron chi connectivity index (χ0n) is 28.0. The first-order chi connectivity index (χ1) is 22.5. The summed E-state index contributed by atoms with van der Waals surface area (Å²) < 4.78 is 0. The Morgan fingerprint density at radius 1 is 0.681 bits per heavy atom. The van der Waals surface area contributed by atoms with Crippen LogP contribution in [0.2, 0.25) is 5.15 Å². The Hall–Kier alpha value is -3.67. The van der Waals surface area contributed by atoms with Gasteiger partial charge in [0, 0.05) is 60.4 Å². The summed E-state index contributed by atoms with van der Waals surface area (Å²) >= 11 is 5.96. The largest absolute Gasteiger partial charge is 0.381 e.